The number of benzene rings is 3. The van der Waals surface area contributed by atoms with E-state index in [1.807, 2.05) is 13.8 Å². The Kier molecular flexibility index (Phi) is 8.77. The Hall–Kier alpha value is -3.03. The average Bonchev–Trinajstić information content (AvgIpc) is 2.91. The van der Waals surface area contributed by atoms with Gasteiger partial charge in [-0.1, -0.05) is 48.9 Å². The smallest absolute Gasteiger partial charge is 0.264 e. The number of fused-ring (bicyclic) bond motifs is 1. The van der Waals surface area contributed by atoms with Gasteiger partial charge in [0.2, 0.25) is 5.91 Å². The summed E-state index contributed by atoms with van der Waals surface area (Å²) in [5.41, 5.74) is 4.06. The van der Waals surface area contributed by atoms with Crippen molar-refractivity contribution in [1.82, 2.24) is 5.32 Å². The van der Waals surface area contributed by atoms with E-state index in [1.54, 1.807) is 24.3 Å². The van der Waals surface area contributed by atoms with E-state index in [4.69, 9.17) is 16.3 Å². The number of halogens is 1. The van der Waals surface area contributed by atoms with Crippen molar-refractivity contribution in [2.24, 2.45) is 0 Å². The SMILES string of the molecule is CCOc1ccccc1N(CC(=O)NC(CC)c1ccc2c(c1)CCCC2)S(=O)(=O)c1ccc(Cl)cc1. The van der Waals surface area contributed by atoms with Gasteiger partial charge in [0.25, 0.3) is 10.0 Å². The minimum absolute atomic E-state index is 0.0396. The first-order valence-corrected chi connectivity index (χ1v) is 14.6. The number of sulfonamides is 1. The van der Waals surface area contributed by atoms with E-state index in [9.17, 15) is 13.2 Å². The second-order valence-electron chi connectivity index (χ2n) is 9.13. The van der Waals surface area contributed by atoms with Crippen LogP contribution < -0.4 is 14.4 Å². The monoisotopic (exact) mass is 540 g/mol. The predicted octanol–water partition coefficient (Wildman–Crippen LogP) is 6.08. The highest BCUT2D eigenvalue weighted by Crippen LogP contribution is 2.33. The molecule has 0 bridgehead atoms. The highest BCUT2D eigenvalue weighted by atomic mass is 35.5. The minimum atomic E-state index is -4.09. The Labute approximate surface area is 224 Å². The Morgan fingerprint density at radius 3 is 2.41 bits per heavy atom. The molecule has 37 heavy (non-hydrogen) atoms. The summed E-state index contributed by atoms with van der Waals surface area (Å²) in [4.78, 5) is 13.4. The molecule has 1 amide bonds. The molecule has 1 N–H and O–H groups in total. The number of rotatable bonds is 10. The van der Waals surface area contributed by atoms with E-state index in [-0.39, 0.29) is 10.9 Å². The van der Waals surface area contributed by atoms with Crippen LogP contribution in [0.25, 0.3) is 0 Å². The van der Waals surface area contributed by atoms with Crippen LogP contribution in [0.3, 0.4) is 0 Å². The van der Waals surface area contributed by atoms with Gasteiger partial charge in [0, 0.05) is 5.02 Å². The lowest BCUT2D eigenvalue weighted by Crippen LogP contribution is -2.42. The number of nitrogens with one attached hydrogen (secondary N) is 1. The normalized spacial score (nSPS) is 13.9. The summed E-state index contributed by atoms with van der Waals surface area (Å²) >= 11 is 5.99. The molecule has 0 spiro atoms. The topological polar surface area (TPSA) is 75.7 Å². The van der Waals surface area contributed by atoms with E-state index in [0.717, 1.165) is 22.7 Å². The largest absolute Gasteiger partial charge is 0.492 e. The number of aryl methyl sites for hydroxylation is 2. The fraction of sp³-hybridized carbons (Fsp3) is 0.345. The fourth-order valence-electron chi connectivity index (χ4n) is 4.74. The van der Waals surface area contributed by atoms with E-state index in [0.29, 0.717) is 29.5 Å². The molecule has 0 aromatic heterocycles. The fourth-order valence-corrected chi connectivity index (χ4v) is 6.29. The van der Waals surface area contributed by atoms with Crippen LogP contribution in [0, 0.1) is 0 Å². The van der Waals surface area contributed by atoms with Gasteiger partial charge in [-0.05, 0) is 92.1 Å². The molecule has 6 nitrogen and oxygen atoms in total. The van der Waals surface area contributed by atoms with E-state index < -0.39 is 22.5 Å². The number of carbonyl (C=O) groups is 1. The molecule has 8 heteroatoms. The van der Waals surface area contributed by atoms with Crippen molar-refractivity contribution >= 4 is 33.2 Å². The third-order valence-electron chi connectivity index (χ3n) is 6.64. The molecule has 4 rings (SSSR count). The van der Waals surface area contributed by atoms with Crippen LogP contribution in [-0.4, -0.2) is 27.5 Å². The van der Waals surface area contributed by atoms with Crippen LogP contribution in [0.2, 0.25) is 5.02 Å². The summed E-state index contributed by atoms with van der Waals surface area (Å²) in [7, 11) is -4.09. The lowest BCUT2D eigenvalue weighted by Gasteiger charge is -2.27. The first kappa shape index (κ1) is 27.0. The van der Waals surface area contributed by atoms with Gasteiger partial charge in [0.05, 0.1) is 23.2 Å². The number of ether oxygens (including phenoxy) is 1. The van der Waals surface area contributed by atoms with Crippen molar-refractivity contribution in [3.63, 3.8) is 0 Å². The van der Waals surface area contributed by atoms with Crippen LogP contribution >= 0.6 is 11.6 Å². The summed E-state index contributed by atoms with van der Waals surface area (Å²) in [5.74, 6) is -0.00882. The number of hydrogen-bond donors (Lipinski definition) is 1. The maximum absolute atomic E-state index is 13.8. The van der Waals surface area contributed by atoms with Gasteiger partial charge in [0.15, 0.2) is 0 Å². The number of para-hydroxylation sites is 2. The van der Waals surface area contributed by atoms with Crippen molar-refractivity contribution in [2.45, 2.75) is 56.9 Å². The number of nitrogens with zero attached hydrogens (tertiary/aromatic N) is 1. The predicted molar refractivity (Wildman–Crippen MR) is 148 cm³/mol. The molecular formula is C29H33ClN2O4S. The highest BCUT2D eigenvalue weighted by molar-refractivity contribution is 7.92. The minimum Gasteiger partial charge on any atom is -0.492 e. The Balaban J connectivity index is 1.64. The van der Waals surface area contributed by atoms with Gasteiger partial charge < -0.3 is 10.1 Å². The van der Waals surface area contributed by atoms with Crippen molar-refractivity contribution in [3.05, 3.63) is 88.4 Å². The maximum atomic E-state index is 13.8. The number of amides is 1. The van der Waals surface area contributed by atoms with Gasteiger partial charge in [-0.25, -0.2) is 8.42 Å². The van der Waals surface area contributed by atoms with Crippen molar-refractivity contribution in [2.75, 3.05) is 17.5 Å². The van der Waals surface area contributed by atoms with Crippen LogP contribution in [0.4, 0.5) is 5.69 Å². The summed E-state index contributed by atoms with van der Waals surface area (Å²) in [6.45, 7) is 3.80. The first-order valence-electron chi connectivity index (χ1n) is 12.7. The Bertz CT molecular complexity index is 1340. The van der Waals surface area contributed by atoms with E-state index in [1.165, 1.54) is 48.2 Å². The Morgan fingerprint density at radius 2 is 1.70 bits per heavy atom. The maximum Gasteiger partial charge on any atom is 0.264 e. The van der Waals surface area contributed by atoms with E-state index in [2.05, 4.69) is 23.5 Å². The molecule has 1 aliphatic rings. The van der Waals surface area contributed by atoms with Gasteiger partial charge in [-0.2, -0.15) is 0 Å². The second kappa shape index (κ2) is 12.0. The quantitative estimate of drug-likeness (QED) is 0.338. The van der Waals surface area contributed by atoms with Crippen molar-refractivity contribution < 1.29 is 17.9 Å². The van der Waals surface area contributed by atoms with Gasteiger partial charge in [0.1, 0.15) is 12.3 Å². The number of carbonyl (C=O) groups excluding carboxylic acids is 1. The molecule has 3 aromatic rings. The second-order valence-corrected chi connectivity index (χ2v) is 11.4. The molecule has 0 aliphatic heterocycles. The molecule has 0 saturated carbocycles. The zero-order chi connectivity index (χ0) is 26.4. The summed E-state index contributed by atoms with van der Waals surface area (Å²) in [6, 6.07) is 19.0. The molecule has 3 aromatic carbocycles. The van der Waals surface area contributed by atoms with Crippen LogP contribution in [0.1, 0.15) is 55.8 Å². The summed E-state index contributed by atoms with van der Waals surface area (Å²) < 4.78 is 34.4. The highest BCUT2D eigenvalue weighted by Gasteiger charge is 2.30. The molecule has 1 unspecified atom stereocenters. The standard InChI is InChI=1S/C29H33ClN2O4S/c1-3-26(23-14-13-21-9-5-6-10-22(21)19-23)31-29(33)20-32(27-11-7-8-12-28(27)36-4-2)37(34,35)25-17-15-24(30)16-18-25/h7-8,11-19,26H,3-6,9-10,20H2,1-2H3,(H,31,33). The zero-order valence-corrected chi connectivity index (χ0v) is 22.8. The number of hydrogen-bond acceptors (Lipinski definition) is 4. The third-order valence-corrected chi connectivity index (χ3v) is 8.67. The van der Waals surface area contributed by atoms with Gasteiger partial charge in [-0.15, -0.1) is 0 Å². The molecule has 1 atom stereocenters. The summed E-state index contributed by atoms with van der Waals surface area (Å²) in [5, 5.41) is 3.49. The molecule has 196 valence electrons. The van der Waals surface area contributed by atoms with Crippen LogP contribution in [0.5, 0.6) is 5.75 Å². The molecule has 0 fully saturated rings. The molecule has 0 saturated heterocycles. The molecular weight excluding hydrogens is 508 g/mol. The van der Waals surface area contributed by atoms with Gasteiger partial charge in [-0.3, -0.25) is 9.10 Å². The first-order chi connectivity index (χ1) is 17.8. The Morgan fingerprint density at radius 1 is 1.00 bits per heavy atom. The molecule has 0 radical (unpaired) electrons. The average molecular weight is 541 g/mol. The molecule has 1 aliphatic carbocycles. The summed E-state index contributed by atoms with van der Waals surface area (Å²) in [6.07, 6.45) is 5.21. The van der Waals surface area contributed by atoms with Crippen molar-refractivity contribution in [1.29, 1.82) is 0 Å². The number of anilines is 1. The molecule has 0 heterocycles. The van der Waals surface area contributed by atoms with Crippen LogP contribution in [-0.2, 0) is 27.7 Å². The zero-order valence-electron chi connectivity index (χ0n) is 21.2. The van der Waals surface area contributed by atoms with Crippen molar-refractivity contribution in [3.8, 4) is 5.75 Å². The van der Waals surface area contributed by atoms with E-state index >= 15 is 0 Å². The van der Waals surface area contributed by atoms with Crippen LogP contribution in [0.15, 0.2) is 71.6 Å². The third kappa shape index (κ3) is 6.28. The lowest BCUT2D eigenvalue weighted by molar-refractivity contribution is -0.120. The lowest BCUT2D eigenvalue weighted by atomic mass is 9.89. The van der Waals surface area contributed by atoms with Gasteiger partial charge >= 0.3 is 0 Å².